The van der Waals surface area contributed by atoms with Crippen molar-refractivity contribution in [1.82, 2.24) is 0 Å². The number of nitrogens with zero attached hydrogens (tertiary/aromatic N) is 1. The zero-order valence-corrected chi connectivity index (χ0v) is 13.9. The fourth-order valence-electron chi connectivity index (χ4n) is 1.79. The van der Waals surface area contributed by atoms with Crippen molar-refractivity contribution in [3.05, 3.63) is 57.0 Å². The largest absolute Gasteiger partial charge is 0.398 e. The van der Waals surface area contributed by atoms with E-state index >= 15 is 0 Å². The average Bonchev–Trinajstić information content (AvgIpc) is 2.44. The van der Waals surface area contributed by atoms with E-state index in [1.54, 1.807) is 36.4 Å². The normalized spacial score (nSPS) is 11.9. The van der Waals surface area contributed by atoms with Crippen LogP contribution in [0.2, 0.25) is 15.1 Å². The second-order valence-corrected chi connectivity index (χ2v) is 6.68. The van der Waals surface area contributed by atoms with Gasteiger partial charge >= 0.3 is 0 Å². The lowest BCUT2D eigenvalue weighted by molar-refractivity contribution is 0.997. The van der Waals surface area contributed by atoms with Gasteiger partial charge < -0.3 is 5.73 Å². The molecule has 2 nitrogen and oxygen atoms in total. The number of thioether (sulfide) groups is 1. The topological polar surface area (TPSA) is 49.8 Å². The molecule has 0 radical (unpaired) electrons. The van der Waals surface area contributed by atoms with Crippen molar-refractivity contribution >= 4 is 52.3 Å². The Balaban J connectivity index is 2.17. The van der Waals surface area contributed by atoms with Crippen molar-refractivity contribution in [3.63, 3.8) is 0 Å². The summed E-state index contributed by atoms with van der Waals surface area (Å²) in [6.07, 6.45) is 0. The lowest BCUT2D eigenvalue weighted by Gasteiger charge is -2.12. The van der Waals surface area contributed by atoms with Gasteiger partial charge in [-0.3, -0.25) is 0 Å². The number of anilines is 1. The Morgan fingerprint density at radius 3 is 2.43 bits per heavy atom. The number of halogens is 3. The van der Waals surface area contributed by atoms with E-state index in [2.05, 4.69) is 6.07 Å². The van der Waals surface area contributed by atoms with Crippen LogP contribution in [0.5, 0.6) is 0 Å². The highest BCUT2D eigenvalue weighted by atomic mass is 35.5. The van der Waals surface area contributed by atoms with Gasteiger partial charge in [0.15, 0.2) is 0 Å². The first-order chi connectivity index (χ1) is 10.0. The Labute approximate surface area is 142 Å². The first kappa shape index (κ1) is 16.3. The Morgan fingerprint density at radius 1 is 1.10 bits per heavy atom. The van der Waals surface area contributed by atoms with Crippen LogP contribution in [0.15, 0.2) is 41.3 Å². The van der Waals surface area contributed by atoms with Crippen LogP contribution in [0.25, 0.3) is 0 Å². The molecule has 2 rings (SSSR count). The molecule has 0 heterocycles. The molecule has 0 bridgehead atoms. The fraction of sp³-hybridized carbons (Fsp3) is 0.133. The lowest BCUT2D eigenvalue weighted by atomic mass is 10.0. The van der Waals surface area contributed by atoms with E-state index in [4.69, 9.17) is 40.5 Å². The smallest absolute Gasteiger partial charge is 0.0820 e. The first-order valence-corrected chi connectivity index (χ1v) is 8.15. The molecule has 2 aromatic carbocycles. The van der Waals surface area contributed by atoms with Gasteiger partial charge in [-0.1, -0.05) is 40.9 Å². The molecule has 0 aliphatic rings. The molecule has 0 spiro atoms. The monoisotopic (exact) mass is 356 g/mol. The number of nitrogen functional groups attached to an aromatic ring is 1. The predicted octanol–water partition coefficient (Wildman–Crippen LogP) is 5.63. The third-order valence-corrected chi connectivity index (χ3v) is 4.84. The van der Waals surface area contributed by atoms with E-state index < -0.39 is 0 Å². The number of nitriles is 1. The molecule has 0 saturated carbocycles. The van der Waals surface area contributed by atoms with Crippen LogP contribution in [0.4, 0.5) is 5.69 Å². The summed E-state index contributed by atoms with van der Waals surface area (Å²) < 4.78 is 0. The van der Waals surface area contributed by atoms with Gasteiger partial charge in [0, 0.05) is 31.4 Å². The number of nitrogens with two attached hydrogens (primary N) is 1. The van der Waals surface area contributed by atoms with Gasteiger partial charge in [-0.05, 0) is 35.9 Å². The standard InChI is InChI=1S/C15H11Cl3N2S/c16-10-1-3-12(13(18)5-10)9(7-19)8-21-15-6-11(17)2-4-14(15)20/h1-6,9H,8,20H2. The van der Waals surface area contributed by atoms with Gasteiger partial charge in [0.05, 0.1) is 12.0 Å². The summed E-state index contributed by atoms with van der Waals surface area (Å²) in [5.74, 6) is 0.181. The highest BCUT2D eigenvalue weighted by molar-refractivity contribution is 7.99. The lowest BCUT2D eigenvalue weighted by Crippen LogP contribution is -2.01. The Morgan fingerprint density at radius 2 is 1.76 bits per heavy atom. The Kier molecular flexibility index (Phi) is 5.66. The minimum atomic E-state index is -0.349. The van der Waals surface area contributed by atoms with E-state index in [0.29, 0.717) is 26.5 Å². The van der Waals surface area contributed by atoms with Crippen molar-refractivity contribution < 1.29 is 0 Å². The molecule has 2 aromatic rings. The van der Waals surface area contributed by atoms with Gasteiger partial charge in [-0.15, -0.1) is 11.8 Å². The van der Waals surface area contributed by atoms with Crippen molar-refractivity contribution in [2.45, 2.75) is 10.8 Å². The number of benzene rings is 2. The molecule has 0 amide bonds. The molecule has 0 saturated heterocycles. The molecular weight excluding hydrogens is 347 g/mol. The molecule has 0 aromatic heterocycles. The minimum Gasteiger partial charge on any atom is -0.398 e. The highest BCUT2D eigenvalue weighted by Crippen LogP contribution is 2.34. The Hall–Kier alpha value is -1.05. The third kappa shape index (κ3) is 4.21. The summed E-state index contributed by atoms with van der Waals surface area (Å²) >= 11 is 19.5. The van der Waals surface area contributed by atoms with Gasteiger partial charge in [0.1, 0.15) is 0 Å². The maximum atomic E-state index is 9.36. The van der Waals surface area contributed by atoms with Crippen molar-refractivity contribution in [1.29, 1.82) is 5.26 Å². The number of hydrogen-bond donors (Lipinski definition) is 1. The summed E-state index contributed by atoms with van der Waals surface area (Å²) in [5, 5.41) is 11.0. The van der Waals surface area contributed by atoms with Gasteiger partial charge in [-0.2, -0.15) is 5.26 Å². The molecular formula is C15H11Cl3N2S. The van der Waals surface area contributed by atoms with Crippen molar-refractivity contribution in [2.24, 2.45) is 0 Å². The predicted molar refractivity (Wildman–Crippen MR) is 91.4 cm³/mol. The van der Waals surface area contributed by atoms with E-state index in [1.807, 2.05) is 0 Å². The minimum absolute atomic E-state index is 0.349. The zero-order chi connectivity index (χ0) is 15.4. The second kappa shape index (κ2) is 7.29. The Bertz CT molecular complexity index is 698. The van der Waals surface area contributed by atoms with E-state index in [-0.39, 0.29) is 5.92 Å². The van der Waals surface area contributed by atoms with Gasteiger partial charge in [-0.25, -0.2) is 0 Å². The van der Waals surface area contributed by atoms with Crippen LogP contribution in [-0.2, 0) is 0 Å². The van der Waals surface area contributed by atoms with Crippen LogP contribution in [0, 0.1) is 11.3 Å². The maximum absolute atomic E-state index is 9.36. The van der Waals surface area contributed by atoms with Crippen LogP contribution in [0.3, 0.4) is 0 Å². The third-order valence-electron chi connectivity index (χ3n) is 2.87. The quantitative estimate of drug-likeness (QED) is 0.570. The van der Waals surface area contributed by atoms with E-state index in [9.17, 15) is 5.26 Å². The van der Waals surface area contributed by atoms with Crippen LogP contribution >= 0.6 is 46.6 Å². The van der Waals surface area contributed by atoms with E-state index in [1.165, 1.54) is 11.8 Å². The molecule has 6 heteroatoms. The summed E-state index contributed by atoms with van der Waals surface area (Å²) in [6, 6.07) is 12.7. The summed E-state index contributed by atoms with van der Waals surface area (Å²) in [6.45, 7) is 0. The van der Waals surface area contributed by atoms with Gasteiger partial charge in [0.25, 0.3) is 0 Å². The van der Waals surface area contributed by atoms with Crippen LogP contribution in [0.1, 0.15) is 11.5 Å². The number of rotatable bonds is 4. The molecule has 21 heavy (non-hydrogen) atoms. The molecule has 1 unspecified atom stereocenters. The maximum Gasteiger partial charge on any atom is 0.0820 e. The second-order valence-electron chi connectivity index (χ2n) is 4.34. The van der Waals surface area contributed by atoms with Crippen LogP contribution < -0.4 is 5.73 Å². The SMILES string of the molecule is N#CC(CSc1cc(Cl)ccc1N)c1ccc(Cl)cc1Cl. The highest BCUT2D eigenvalue weighted by Gasteiger charge is 2.16. The molecule has 0 aliphatic carbocycles. The molecule has 0 aliphatic heterocycles. The first-order valence-electron chi connectivity index (χ1n) is 6.03. The van der Waals surface area contributed by atoms with Crippen LogP contribution in [-0.4, -0.2) is 5.75 Å². The van der Waals surface area contributed by atoms with Crippen molar-refractivity contribution in [2.75, 3.05) is 11.5 Å². The summed E-state index contributed by atoms with van der Waals surface area (Å²) in [5.41, 5.74) is 7.30. The summed E-state index contributed by atoms with van der Waals surface area (Å²) in [7, 11) is 0. The molecule has 2 N–H and O–H groups in total. The molecule has 0 fully saturated rings. The summed E-state index contributed by atoms with van der Waals surface area (Å²) in [4.78, 5) is 0.854. The number of hydrogen-bond acceptors (Lipinski definition) is 3. The van der Waals surface area contributed by atoms with Crippen molar-refractivity contribution in [3.8, 4) is 6.07 Å². The zero-order valence-electron chi connectivity index (χ0n) is 10.8. The van der Waals surface area contributed by atoms with Gasteiger partial charge in [0.2, 0.25) is 0 Å². The van der Waals surface area contributed by atoms with E-state index in [0.717, 1.165) is 10.5 Å². The molecule has 1 atom stereocenters. The molecule has 108 valence electrons. The average molecular weight is 358 g/mol. The fourth-order valence-corrected chi connectivity index (χ4v) is 3.61.